The van der Waals surface area contributed by atoms with Crippen LogP contribution in [0.1, 0.15) is 24.2 Å². The number of aliphatic hydroxyl groups is 1. The maximum Gasteiger partial charge on any atom is 0.240 e. The van der Waals surface area contributed by atoms with E-state index in [9.17, 15) is 19.5 Å². The minimum atomic E-state index is -1.52. The van der Waals surface area contributed by atoms with Gasteiger partial charge in [-0.15, -0.1) is 0 Å². The van der Waals surface area contributed by atoms with E-state index in [0.29, 0.717) is 11.3 Å². The smallest absolute Gasteiger partial charge is 0.240 e. The second-order valence-corrected chi connectivity index (χ2v) is 6.28. The van der Waals surface area contributed by atoms with E-state index in [1.807, 2.05) is 5.38 Å². The van der Waals surface area contributed by atoms with Crippen LogP contribution in [0.25, 0.3) is 0 Å². The van der Waals surface area contributed by atoms with Crippen molar-refractivity contribution in [3.05, 3.63) is 46.5 Å². The highest BCUT2D eigenvalue weighted by molar-refractivity contribution is 7.08. The van der Waals surface area contributed by atoms with E-state index in [0.717, 1.165) is 4.90 Å². The zero-order valence-electron chi connectivity index (χ0n) is 12.7. The molecule has 0 aliphatic carbocycles. The van der Waals surface area contributed by atoms with Crippen molar-refractivity contribution in [2.75, 3.05) is 13.1 Å². The van der Waals surface area contributed by atoms with Crippen molar-refractivity contribution in [2.24, 2.45) is 0 Å². The number of hydrogen-bond donors (Lipinski definition) is 2. The second-order valence-electron chi connectivity index (χ2n) is 5.50. The number of imide groups is 1. The second kappa shape index (κ2) is 6.58. The van der Waals surface area contributed by atoms with E-state index in [-0.39, 0.29) is 37.7 Å². The van der Waals surface area contributed by atoms with Gasteiger partial charge in [-0.3, -0.25) is 19.3 Å². The van der Waals surface area contributed by atoms with Crippen molar-refractivity contribution < 1.29 is 23.9 Å². The molecule has 3 rings (SSSR count). The van der Waals surface area contributed by atoms with E-state index in [4.69, 9.17) is 4.42 Å². The van der Waals surface area contributed by atoms with Gasteiger partial charge in [0.2, 0.25) is 17.7 Å². The Hall–Kier alpha value is -2.45. The fraction of sp³-hybridized carbons (Fsp3) is 0.312. The van der Waals surface area contributed by atoms with Crippen LogP contribution in [0.2, 0.25) is 0 Å². The van der Waals surface area contributed by atoms with E-state index < -0.39 is 11.5 Å². The molecule has 1 atom stereocenters. The standard InChI is InChI=1S/C16H16N2O5S/c19-13(8-18-14(20)3-4-15(18)21)17-10-16(22,11-5-7-24-9-11)12-2-1-6-23-12/h1-2,5-7,9,22H,3-4,8,10H2,(H,17,19). The van der Waals surface area contributed by atoms with Crippen LogP contribution in [0.4, 0.5) is 0 Å². The first-order chi connectivity index (χ1) is 11.5. The molecule has 8 heteroatoms. The molecule has 2 N–H and O–H groups in total. The fourth-order valence-electron chi connectivity index (χ4n) is 2.57. The molecular weight excluding hydrogens is 332 g/mol. The molecule has 0 bridgehead atoms. The van der Waals surface area contributed by atoms with Crippen LogP contribution in [0.5, 0.6) is 0 Å². The van der Waals surface area contributed by atoms with Crippen LogP contribution >= 0.6 is 11.3 Å². The highest BCUT2D eigenvalue weighted by Crippen LogP contribution is 2.31. The summed E-state index contributed by atoms with van der Waals surface area (Å²) in [6, 6.07) is 5.01. The summed E-state index contributed by atoms with van der Waals surface area (Å²) >= 11 is 1.41. The molecule has 1 aliphatic heterocycles. The number of carbonyl (C=O) groups excluding carboxylic acids is 3. The lowest BCUT2D eigenvalue weighted by Gasteiger charge is -2.26. The fourth-order valence-corrected chi connectivity index (χ4v) is 3.29. The lowest BCUT2D eigenvalue weighted by atomic mass is 9.93. The average molecular weight is 348 g/mol. The Morgan fingerprint density at radius 2 is 2.08 bits per heavy atom. The zero-order valence-corrected chi connectivity index (χ0v) is 13.5. The molecule has 1 saturated heterocycles. The summed E-state index contributed by atoms with van der Waals surface area (Å²) in [6.45, 7) is -0.470. The Kier molecular flexibility index (Phi) is 4.50. The molecule has 0 aromatic carbocycles. The molecule has 1 aliphatic rings. The van der Waals surface area contributed by atoms with Gasteiger partial charge in [-0.05, 0) is 29.0 Å². The zero-order chi connectivity index (χ0) is 17.2. The summed E-state index contributed by atoms with van der Waals surface area (Å²) < 4.78 is 5.31. The molecule has 0 spiro atoms. The van der Waals surface area contributed by atoms with Gasteiger partial charge in [-0.25, -0.2) is 0 Å². The number of carbonyl (C=O) groups is 3. The van der Waals surface area contributed by atoms with E-state index >= 15 is 0 Å². The lowest BCUT2D eigenvalue weighted by Crippen LogP contribution is -2.45. The first-order valence-corrected chi connectivity index (χ1v) is 8.34. The third-order valence-corrected chi connectivity index (χ3v) is 4.61. The van der Waals surface area contributed by atoms with E-state index in [1.54, 1.807) is 23.6 Å². The Bertz CT molecular complexity index is 688. The molecule has 3 heterocycles. The first-order valence-electron chi connectivity index (χ1n) is 7.39. The summed E-state index contributed by atoms with van der Waals surface area (Å²) in [5, 5.41) is 17.2. The number of amides is 3. The third-order valence-electron chi connectivity index (χ3n) is 3.93. The highest BCUT2D eigenvalue weighted by atomic mass is 32.1. The molecule has 3 amide bonds. The molecular formula is C16H16N2O5S. The van der Waals surface area contributed by atoms with Gasteiger partial charge < -0.3 is 14.8 Å². The van der Waals surface area contributed by atoms with Crippen LogP contribution in [0, 0.1) is 0 Å². The molecule has 2 aromatic heterocycles. The monoisotopic (exact) mass is 348 g/mol. The number of nitrogens with zero attached hydrogens (tertiary/aromatic N) is 1. The van der Waals surface area contributed by atoms with Crippen LogP contribution < -0.4 is 5.32 Å². The van der Waals surface area contributed by atoms with Gasteiger partial charge in [0.1, 0.15) is 12.3 Å². The molecule has 2 aromatic rings. The number of rotatable bonds is 6. The lowest BCUT2D eigenvalue weighted by molar-refractivity contribution is -0.142. The van der Waals surface area contributed by atoms with Crippen LogP contribution in [0.15, 0.2) is 39.6 Å². The van der Waals surface area contributed by atoms with Crippen molar-refractivity contribution in [1.29, 1.82) is 0 Å². The van der Waals surface area contributed by atoms with Crippen molar-refractivity contribution in [2.45, 2.75) is 18.4 Å². The third kappa shape index (κ3) is 3.10. The van der Waals surface area contributed by atoms with E-state index in [1.165, 1.54) is 17.6 Å². The predicted molar refractivity (Wildman–Crippen MR) is 85.0 cm³/mol. The SMILES string of the molecule is O=C(CN1C(=O)CCC1=O)NCC(O)(c1ccsc1)c1ccco1. The van der Waals surface area contributed by atoms with Crippen LogP contribution in [-0.4, -0.2) is 40.8 Å². The molecule has 7 nitrogen and oxygen atoms in total. The van der Waals surface area contributed by atoms with Gasteiger partial charge in [0, 0.05) is 18.4 Å². The Labute approximate surface area is 141 Å². The maximum atomic E-state index is 12.1. The maximum absolute atomic E-state index is 12.1. The van der Waals surface area contributed by atoms with Gasteiger partial charge in [0.25, 0.3) is 0 Å². The van der Waals surface area contributed by atoms with Crippen LogP contribution in [0.3, 0.4) is 0 Å². The van der Waals surface area contributed by atoms with Crippen LogP contribution in [-0.2, 0) is 20.0 Å². The Balaban J connectivity index is 1.69. The molecule has 0 radical (unpaired) electrons. The minimum absolute atomic E-state index is 0.133. The number of nitrogens with one attached hydrogen (secondary N) is 1. The first kappa shape index (κ1) is 16.4. The highest BCUT2D eigenvalue weighted by Gasteiger charge is 2.36. The Morgan fingerprint density at radius 1 is 1.33 bits per heavy atom. The largest absolute Gasteiger partial charge is 0.466 e. The van der Waals surface area contributed by atoms with Crippen molar-refractivity contribution in [3.8, 4) is 0 Å². The van der Waals surface area contributed by atoms with E-state index in [2.05, 4.69) is 5.32 Å². The van der Waals surface area contributed by atoms with Crippen molar-refractivity contribution >= 4 is 29.1 Å². The van der Waals surface area contributed by atoms with Crippen molar-refractivity contribution in [3.63, 3.8) is 0 Å². The summed E-state index contributed by atoms with van der Waals surface area (Å²) in [6.07, 6.45) is 1.71. The van der Waals surface area contributed by atoms with Gasteiger partial charge in [0.15, 0.2) is 5.60 Å². The normalized spacial score (nSPS) is 17.1. The summed E-state index contributed by atoms with van der Waals surface area (Å²) in [7, 11) is 0. The molecule has 1 unspecified atom stereocenters. The number of likely N-dealkylation sites (tertiary alicyclic amines) is 1. The molecule has 126 valence electrons. The summed E-state index contributed by atoms with van der Waals surface area (Å²) in [5.74, 6) is -0.920. The topological polar surface area (TPSA) is 99.9 Å². The van der Waals surface area contributed by atoms with Gasteiger partial charge in [-0.2, -0.15) is 11.3 Å². The summed E-state index contributed by atoms with van der Waals surface area (Å²) in [4.78, 5) is 36.1. The number of furan rings is 1. The Morgan fingerprint density at radius 3 is 2.67 bits per heavy atom. The van der Waals surface area contributed by atoms with Gasteiger partial charge in [0.05, 0.1) is 12.8 Å². The molecule has 0 saturated carbocycles. The average Bonchev–Trinajstić information content (AvgIpc) is 3.31. The summed E-state index contributed by atoms with van der Waals surface area (Å²) in [5.41, 5.74) is -0.922. The molecule has 1 fully saturated rings. The quantitative estimate of drug-likeness (QED) is 0.754. The van der Waals surface area contributed by atoms with Gasteiger partial charge in [-0.1, -0.05) is 0 Å². The predicted octanol–water partition coefficient (Wildman–Crippen LogP) is 0.842. The van der Waals surface area contributed by atoms with Gasteiger partial charge >= 0.3 is 0 Å². The molecule has 24 heavy (non-hydrogen) atoms. The number of hydrogen-bond acceptors (Lipinski definition) is 6. The minimum Gasteiger partial charge on any atom is -0.466 e. The van der Waals surface area contributed by atoms with Crippen molar-refractivity contribution in [1.82, 2.24) is 10.2 Å². The number of thiophene rings is 1.